The molecule has 4 aromatic heterocycles. The molecular formula is C146H106N4. The normalized spacial score (nSPS) is 13.4. The standard InChI is InChI=1S/2C49H34N2.C48H38/c1-49(2)43-29-32(24-25-37(43)42-26-23-31-13-3-4-14-36(31)48(42)49)33-27-34(50-44-19-9-5-15-38(44)39-16-6-10-20-45(39)50)30-35(28-33)51-46-21-11-7-17-40(46)41-18-8-12-22-47(41)51;1-49(2)43-29-33(23-24-37(43)42-27-31-13-3-4-14-32(31)28-44(42)49)34-25-35(50-45-19-9-5-15-38(45)39-16-6-10-20-46(39)50)30-36(26-34)51-47-21-11-7-17-40(47)41-18-8-12-22-48(41)51;1-30(2)40-26-41(38-18-17-36-24-35(15-16-37(36)25-38)34-14-13-31-9-5-6-11-33(31)23-34)28-42(27-40)39-20-21-44-45-22-19-32-10-7-8-12-43(32)47(45)48(3,4)46(44)29-39/h2*3-30H,1-2H3;5-30H,1-4H3. The van der Waals surface area contributed by atoms with Gasteiger partial charge in [0.2, 0.25) is 0 Å². The van der Waals surface area contributed by atoms with Crippen molar-refractivity contribution < 1.29 is 0 Å². The fraction of sp³-hybridized carbons (Fsp3) is 0.0822. The van der Waals surface area contributed by atoms with Crippen LogP contribution in [0.4, 0.5) is 0 Å². The van der Waals surface area contributed by atoms with E-state index in [0.717, 1.165) is 22.7 Å². The molecule has 3 aliphatic carbocycles. The van der Waals surface area contributed by atoms with Crippen molar-refractivity contribution in [1.82, 2.24) is 18.3 Å². The van der Waals surface area contributed by atoms with Crippen molar-refractivity contribution in [2.75, 3.05) is 0 Å². The molecule has 0 fully saturated rings. The lowest BCUT2D eigenvalue weighted by molar-refractivity contribution is 0.661. The van der Waals surface area contributed by atoms with Crippen LogP contribution in [-0.2, 0) is 16.2 Å². The van der Waals surface area contributed by atoms with E-state index in [-0.39, 0.29) is 16.2 Å². The van der Waals surface area contributed by atoms with Gasteiger partial charge in [0.1, 0.15) is 0 Å². The largest absolute Gasteiger partial charge is 0.309 e. The molecule has 0 bridgehead atoms. The molecule has 24 aromatic carbocycles. The summed E-state index contributed by atoms with van der Waals surface area (Å²) < 4.78 is 9.80. The molecular weight excluding hydrogens is 1810 g/mol. The minimum atomic E-state index is -0.137. The highest BCUT2D eigenvalue weighted by molar-refractivity contribution is 6.15. The fourth-order valence-corrected chi connectivity index (χ4v) is 26.3. The number of rotatable bonds is 10. The van der Waals surface area contributed by atoms with Crippen molar-refractivity contribution in [2.24, 2.45) is 0 Å². The van der Waals surface area contributed by atoms with E-state index in [1.165, 1.54) is 269 Å². The minimum absolute atomic E-state index is 0.0793. The number of fused-ring (bicyclic) bond motifs is 28. The van der Waals surface area contributed by atoms with Crippen LogP contribution in [0.15, 0.2) is 491 Å². The van der Waals surface area contributed by atoms with Gasteiger partial charge >= 0.3 is 0 Å². The average molecular weight is 1920 g/mol. The molecule has 0 atom stereocenters. The van der Waals surface area contributed by atoms with Crippen LogP contribution < -0.4 is 0 Å². The Kier molecular flexibility index (Phi) is 20.0. The number of hydrogen-bond donors (Lipinski definition) is 0. The van der Waals surface area contributed by atoms with Crippen LogP contribution in [0.5, 0.6) is 0 Å². The Morgan fingerprint density at radius 2 is 0.380 bits per heavy atom. The zero-order valence-corrected chi connectivity index (χ0v) is 85.1. The van der Waals surface area contributed by atoms with Crippen molar-refractivity contribution >= 4 is 141 Å². The molecule has 4 heterocycles. The van der Waals surface area contributed by atoms with Gasteiger partial charge in [0.15, 0.2) is 0 Å². The summed E-state index contributed by atoms with van der Waals surface area (Å²) in [7, 11) is 0. The van der Waals surface area contributed by atoms with Crippen molar-refractivity contribution in [3.63, 3.8) is 0 Å². The zero-order valence-electron chi connectivity index (χ0n) is 85.1. The molecule has 0 unspecified atom stereocenters. The predicted molar refractivity (Wildman–Crippen MR) is 638 cm³/mol. The second-order valence-corrected chi connectivity index (χ2v) is 43.6. The maximum Gasteiger partial charge on any atom is 0.0541 e. The summed E-state index contributed by atoms with van der Waals surface area (Å²) in [6.45, 7) is 18.9. The van der Waals surface area contributed by atoms with E-state index in [4.69, 9.17) is 0 Å². The maximum atomic E-state index is 2.46. The molecule has 0 saturated carbocycles. The first-order chi connectivity index (χ1) is 73.4. The third kappa shape index (κ3) is 13.9. The monoisotopic (exact) mass is 1910 g/mol. The molecule has 0 aliphatic heterocycles. The van der Waals surface area contributed by atoms with Gasteiger partial charge < -0.3 is 18.3 Å². The maximum absolute atomic E-state index is 2.46. The number of nitrogens with zero attached hydrogens (tertiary/aromatic N) is 4. The van der Waals surface area contributed by atoms with Crippen LogP contribution in [0, 0.1) is 0 Å². The lowest BCUT2D eigenvalue weighted by Crippen LogP contribution is -2.15. The second-order valence-electron chi connectivity index (χ2n) is 43.6. The molecule has 28 aromatic rings. The van der Waals surface area contributed by atoms with Crippen LogP contribution in [0.25, 0.3) is 253 Å². The van der Waals surface area contributed by atoms with E-state index < -0.39 is 0 Å². The highest BCUT2D eigenvalue weighted by atomic mass is 15.0. The molecule has 0 spiro atoms. The van der Waals surface area contributed by atoms with Gasteiger partial charge in [-0.2, -0.15) is 0 Å². The van der Waals surface area contributed by atoms with E-state index in [9.17, 15) is 0 Å². The molecule has 4 nitrogen and oxygen atoms in total. The zero-order chi connectivity index (χ0) is 100. The summed E-state index contributed by atoms with van der Waals surface area (Å²) in [4.78, 5) is 0. The Balaban J connectivity index is 0.000000106. The molecule has 0 N–H and O–H groups in total. The van der Waals surface area contributed by atoms with Crippen molar-refractivity contribution in [3.05, 3.63) is 530 Å². The van der Waals surface area contributed by atoms with E-state index in [1.807, 2.05) is 0 Å². The number of aromatic nitrogens is 4. The van der Waals surface area contributed by atoms with Gasteiger partial charge in [0.25, 0.3) is 0 Å². The van der Waals surface area contributed by atoms with E-state index >= 15 is 0 Å². The van der Waals surface area contributed by atoms with E-state index in [1.54, 1.807) is 0 Å². The molecule has 31 rings (SSSR count). The molecule has 150 heavy (non-hydrogen) atoms. The molecule has 4 heteroatoms. The summed E-state index contributed by atoms with van der Waals surface area (Å²) in [6, 6.07) is 183. The SMILES string of the molecule is CC(C)c1cc(-c2ccc3c(c2)C(C)(C)c2c-3ccc3ccccc23)cc(-c2ccc3cc(-c4ccc5ccccc5c4)ccc3c2)c1.CC1(C)c2cc(-c3cc(-n4c5ccccc5c5ccccc54)cc(-n4c5ccccc5c5ccccc54)c3)ccc2-c2cc3ccccc3cc21.CC1(C)c2cc(-c3cc(-n4c5ccccc5c5ccccc54)cc(-n4c5ccccc5c5ccccc54)c3)ccc2-c2ccc3ccccc3c21. The van der Waals surface area contributed by atoms with Crippen LogP contribution >= 0.6 is 0 Å². The van der Waals surface area contributed by atoms with Crippen LogP contribution in [0.3, 0.4) is 0 Å². The van der Waals surface area contributed by atoms with Gasteiger partial charge in [-0.15, -0.1) is 0 Å². The predicted octanol–water partition coefficient (Wildman–Crippen LogP) is 39.6. The Morgan fingerprint density at radius 3 is 0.720 bits per heavy atom. The first-order valence-corrected chi connectivity index (χ1v) is 52.9. The molecule has 710 valence electrons. The second kappa shape index (κ2) is 33.9. The Morgan fingerprint density at radius 1 is 0.153 bits per heavy atom. The third-order valence-corrected chi connectivity index (χ3v) is 33.7. The number of para-hydroxylation sites is 8. The first-order valence-electron chi connectivity index (χ1n) is 52.9. The van der Waals surface area contributed by atoms with E-state index in [0.29, 0.717) is 5.92 Å². The highest BCUT2D eigenvalue weighted by Gasteiger charge is 2.41. The molecule has 0 radical (unpaired) electrons. The molecule has 3 aliphatic rings. The van der Waals surface area contributed by atoms with Crippen molar-refractivity contribution in [3.8, 4) is 112 Å². The van der Waals surface area contributed by atoms with E-state index in [2.05, 4.69) is 565 Å². The average Bonchev–Trinajstić information content (AvgIpc) is 1.86. The smallest absolute Gasteiger partial charge is 0.0541 e. The van der Waals surface area contributed by atoms with Gasteiger partial charge in [-0.05, 0) is 327 Å². The molecule has 0 saturated heterocycles. The first kappa shape index (κ1) is 88.3. The quantitative estimate of drug-likeness (QED) is 0.130. The van der Waals surface area contributed by atoms with Gasteiger partial charge in [-0.1, -0.05) is 407 Å². The summed E-state index contributed by atoms with van der Waals surface area (Å²) in [5.41, 5.74) is 44.3. The van der Waals surface area contributed by atoms with Gasteiger partial charge in [0, 0.05) is 82.1 Å². The number of hydrogen-bond acceptors (Lipinski definition) is 0. The summed E-state index contributed by atoms with van der Waals surface area (Å²) in [5.74, 6) is 0.426. The summed E-state index contributed by atoms with van der Waals surface area (Å²) in [6.07, 6.45) is 0. The van der Waals surface area contributed by atoms with Crippen LogP contribution in [-0.4, -0.2) is 18.3 Å². The fourth-order valence-electron chi connectivity index (χ4n) is 26.3. The molecule has 0 amide bonds. The van der Waals surface area contributed by atoms with Crippen LogP contribution in [0.1, 0.15) is 100 Å². The third-order valence-electron chi connectivity index (χ3n) is 33.7. The van der Waals surface area contributed by atoms with Crippen molar-refractivity contribution in [2.45, 2.75) is 77.6 Å². The lowest BCUT2D eigenvalue weighted by atomic mass is 9.79. The lowest BCUT2D eigenvalue weighted by Gasteiger charge is -2.24. The van der Waals surface area contributed by atoms with Gasteiger partial charge in [-0.25, -0.2) is 0 Å². The summed E-state index contributed by atoms with van der Waals surface area (Å²) in [5, 5.41) is 23.1. The Hall–Kier alpha value is -18.2. The Labute approximate surface area is 872 Å². The summed E-state index contributed by atoms with van der Waals surface area (Å²) >= 11 is 0. The topological polar surface area (TPSA) is 19.7 Å². The highest BCUT2D eigenvalue weighted by Crippen LogP contribution is 2.57. The minimum Gasteiger partial charge on any atom is -0.309 e. The van der Waals surface area contributed by atoms with Crippen LogP contribution in [0.2, 0.25) is 0 Å². The van der Waals surface area contributed by atoms with Gasteiger partial charge in [0.05, 0.1) is 44.1 Å². The van der Waals surface area contributed by atoms with Crippen molar-refractivity contribution in [1.29, 1.82) is 0 Å². The Bertz CT molecular complexity index is 10100. The number of benzene rings is 24. The van der Waals surface area contributed by atoms with Gasteiger partial charge in [-0.3, -0.25) is 0 Å².